The number of carbonyl (C=O) groups is 6. The third-order valence-electron chi connectivity index (χ3n) is 14.2. The Bertz CT molecular complexity index is 3070. The Labute approximate surface area is 469 Å². The van der Waals surface area contributed by atoms with Crippen LogP contribution in [0.2, 0.25) is 0 Å². The number of carboxylic acids is 1. The maximum Gasteiger partial charge on any atom is 0.339 e. The molecule has 6 heterocycles. The number of fused-ring (bicyclic) bond motifs is 3. The zero-order chi connectivity index (χ0) is 56.5. The molecular formula is C56H64BrClN6O9S3. The first kappa shape index (κ1) is 59.8. The number of ketones is 2. The highest BCUT2D eigenvalue weighted by atomic mass is 79.9. The number of halogens is 2. The summed E-state index contributed by atoms with van der Waals surface area (Å²) in [5.41, 5.74) is 5.18. The quantitative estimate of drug-likeness (QED) is 0.0851. The molecule has 15 nitrogen and oxygen atoms in total. The van der Waals surface area contributed by atoms with Crippen LogP contribution in [0.5, 0.6) is 0 Å². The highest BCUT2D eigenvalue weighted by Crippen LogP contribution is 2.51. The van der Waals surface area contributed by atoms with Crippen LogP contribution in [0.4, 0.5) is 0 Å². The van der Waals surface area contributed by atoms with Gasteiger partial charge in [0.05, 0.1) is 48.0 Å². The molecule has 0 aliphatic heterocycles. The maximum absolute atomic E-state index is 12.8. The van der Waals surface area contributed by atoms with Crippen molar-refractivity contribution < 1.29 is 43.3 Å². The predicted octanol–water partition coefficient (Wildman–Crippen LogP) is 13.2. The number of pyridine rings is 3. The fourth-order valence-electron chi connectivity index (χ4n) is 8.84. The Morgan fingerprint density at radius 1 is 0.487 bits per heavy atom. The van der Waals surface area contributed by atoms with Gasteiger partial charge in [0.25, 0.3) is 5.24 Å². The summed E-state index contributed by atoms with van der Waals surface area (Å²) in [5.74, 6) is -2.49. The van der Waals surface area contributed by atoms with Crippen LogP contribution in [0.15, 0.2) is 58.9 Å². The number of methoxy groups -OCH3 is 2. The van der Waals surface area contributed by atoms with E-state index in [-0.39, 0.29) is 66.9 Å². The molecule has 0 atom stereocenters. The van der Waals surface area contributed by atoms with E-state index in [0.717, 1.165) is 41.0 Å². The van der Waals surface area contributed by atoms with Gasteiger partial charge < -0.3 is 14.6 Å². The van der Waals surface area contributed by atoms with Crippen molar-refractivity contribution >= 4 is 96.3 Å². The van der Waals surface area contributed by atoms with Crippen molar-refractivity contribution in [2.24, 2.45) is 0 Å². The topological polar surface area (TPSA) is 218 Å². The zero-order valence-corrected chi connectivity index (χ0v) is 50.1. The molecule has 0 unspecified atom stereocenters. The number of aromatic nitrogens is 6. The minimum absolute atomic E-state index is 0.0155. The number of hydrogen-bond acceptors (Lipinski definition) is 17. The van der Waals surface area contributed by atoms with Crippen molar-refractivity contribution in [2.45, 2.75) is 154 Å². The standard InChI is InChI=1S/C19H22N2O3S.C18H20N2O3S.C11H16BrNS.C8H6ClNO3/c1-18(2)8-9-19(3,4)15-14(18)21-16(25-15)13(22)12-7-6-11(10-20-12)17(23)24-5;1-17(2)7-8-18(3,4)14-13(17)20-15(24-14)12(21)11-6-5-10(9-19-11)16(22)23;1-10(2)5-6-11(3,4)8-7(10)13-9(12)14-8;1-13-8(12)5-2-3-6(7(9)11)10-4-5/h6-7,10H,8-9H2,1-5H3;5-6,9H,7-8H2,1-4H3,(H,22,23);5-6H2,1-4H3;2-4H,1H3. The van der Waals surface area contributed by atoms with Gasteiger partial charge in [0, 0.05) is 65.7 Å². The van der Waals surface area contributed by atoms with E-state index in [1.54, 1.807) is 23.5 Å². The molecule has 76 heavy (non-hydrogen) atoms. The molecule has 0 aromatic carbocycles. The summed E-state index contributed by atoms with van der Waals surface area (Å²) in [7, 11) is 2.58. The number of ether oxygens (including phenoxy) is 2. The van der Waals surface area contributed by atoms with Crippen LogP contribution >= 0.6 is 61.5 Å². The highest BCUT2D eigenvalue weighted by Gasteiger charge is 2.43. The van der Waals surface area contributed by atoms with E-state index in [4.69, 9.17) is 16.7 Å². The van der Waals surface area contributed by atoms with Crippen LogP contribution < -0.4 is 0 Å². The fourth-order valence-corrected chi connectivity index (χ4v) is 13.4. The Morgan fingerprint density at radius 2 is 0.803 bits per heavy atom. The molecule has 0 amide bonds. The van der Waals surface area contributed by atoms with E-state index in [1.165, 1.54) is 113 Å². The SMILES string of the molecule is CC1(C)CCC(C)(C)c2sc(Br)nc21.CC1(C)CCC(C)(C)c2sc(C(=O)c3ccc(C(=O)O)cn3)nc21.COC(=O)c1ccc(C(=O)Cl)nc1.COC(=O)c1ccc(C(=O)c2nc3c(s2)C(C)(C)CCC3(C)C)nc1. The van der Waals surface area contributed by atoms with Crippen LogP contribution in [-0.4, -0.2) is 83.9 Å². The number of carbonyl (C=O) groups excluding carboxylic acids is 5. The Kier molecular flexibility index (Phi) is 18.0. The van der Waals surface area contributed by atoms with Crippen LogP contribution in [0.1, 0.15) is 226 Å². The van der Waals surface area contributed by atoms with Gasteiger partial charge in [0.1, 0.15) is 17.1 Å². The van der Waals surface area contributed by atoms with Gasteiger partial charge >= 0.3 is 17.9 Å². The minimum atomic E-state index is -1.06. The first-order chi connectivity index (χ1) is 35.2. The molecular weight excluding hydrogens is 1110 g/mol. The van der Waals surface area contributed by atoms with E-state index in [1.807, 2.05) is 0 Å². The summed E-state index contributed by atoms with van der Waals surface area (Å²) in [6, 6.07) is 8.72. The molecule has 0 bridgehead atoms. The van der Waals surface area contributed by atoms with Crippen LogP contribution in [0.3, 0.4) is 0 Å². The summed E-state index contributed by atoms with van der Waals surface area (Å²) in [6.45, 7) is 26.7. The molecule has 0 fully saturated rings. The fraction of sp³-hybridized carbons (Fsp3) is 0.464. The Morgan fingerprint density at radius 3 is 1.09 bits per heavy atom. The molecule has 9 rings (SSSR count). The molecule has 0 saturated heterocycles. The Hall–Kier alpha value is -5.47. The van der Waals surface area contributed by atoms with Gasteiger partial charge in [0.15, 0.2) is 13.9 Å². The molecule has 3 aliphatic rings. The second kappa shape index (κ2) is 22.9. The summed E-state index contributed by atoms with van der Waals surface area (Å²) in [5, 5.41) is 9.16. The molecule has 0 spiro atoms. The van der Waals surface area contributed by atoms with Gasteiger partial charge in [-0.15, -0.1) is 34.0 Å². The number of nitrogens with zero attached hydrogens (tertiary/aromatic N) is 6. The van der Waals surface area contributed by atoms with Crippen LogP contribution in [0.25, 0.3) is 0 Å². The average molecular weight is 1180 g/mol. The second-order valence-corrected chi connectivity index (χ2v) is 27.5. The van der Waals surface area contributed by atoms with Crippen LogP contribution in [-0.2, 0) is 42.0 Å². The monoisotopic (exact) mass is 1170 g/mol. The molecule has 404 valence electrons. The number of esters is 2. The smallest absolute Gasteiger partial charge is 0.339 e. The van der Waals surface area contributed by atoms with Gasteiger partial charge in [-0.1, -0.05) is 83.1 Å². The first-order valence-electron chi connectivity index (χ1n) is 24.5. The molecule has 20 heteroatoms. The molecule has 6 aromatic heterocycles. The maximum atomic E-state index is 12.8. The zero-order valence-electron chi connectivity index (χ0n) is 45.3. The minimum Gasteiger partial charge on any atom is -0.478 e. The molecule has 0 saturated carbocycles. The van der Waals surface area contributed by atoms with Crippen LogP contribution in [0, 0.1) is 0 Å². The number of thiazole rings is 3. The molecule has 0 radical (unpaired) electrons. The second-order valence-electron chi connectivity index (χ2n) is 22.9. The lowest BCUT2D eigenvalue weighted by Crippen LogP contribution is -2.32. The lowest BCUT2D eigenvalue weighted by atomic mass is 9.69. The number of aromatic carboxylic acids is 1. The van der Waals surface area contributed by atoms with E-state index < -0.39 is 23.2 Å². The van der Waals surface area contributed by atoms with E-state index >= 15 is 0 Å². The third-order valence-corrected chi connectivity index (χ3v) is 19.1. The number of rotatable bonds is 8. The normalized spacial score (nSPS) is 17.4. The molecule has 3 aliphatic carbocycles. The van der Waals surface area contributed by atoms with E-state index in [9.17, 15) is 28.8 Å². The van der Waals surface area contributed by atoms with E-state index in [2.05, 4.69) is 138 Å². The van der Waals surface area contributed by atoms with Crippen molar-refractivity contribution in [3.8, 4) is 0 Å². The number of hydrogen-bond donors (Lipinski definition) is 1. The summed E-state index contributed by atoms with van der Waals surface area (Å²) in [6.07, 6.45) is 10.5. The van der Waals surface area contributed by atoms with Gasteiger partial charge in [-0.2, -0.15) is 0 Å². The van der Waals surface area contributed by atoms with Crippen molar-refractivity contribution in [1.29, 1.82) is 0 Å². The third kappa shape index (κ3) is 13.3. The van der Waals surface area contributed by atoms with E-state index in [0.29, 0.717) is 21.0 Å². The van der Waals surface area contributed by atoms with Gasteiger partial charge in [-0.3, -0.25) is 29.3 Å². The van der Waals surface area contributed by atoms with Crippen molar-refractivity contribution in [3.05, 3.63) is 134 Å². The first-order valence-corrected chi connectivity index (χ1v) is 28.2. The predicted molar refractivity (Wildman–Crippen MR) is 299 cm³/mol. The summed E-state index contributed by atoms with van der Waals surface area (Å²) >= 11 is 13.4. The Balaban J connectivity index is 0.000000171. The lowest BCUT2D eigenvalue weighted by Gasteiger charge is -2.37. The molecule has 1 N–H and O–H groups in total. The summed E-state index contributed by atoms with van der Waals surface area (Å²) < 4.78 is 10.1. The van der Waals surface area contributed by atoms with Gasteiger partial charge in [0.2, 0.25) is 11.6 Å². The largest absolute Gasteiger partial charge is 0.478 e. The van der Waals surface area contributed by atoms with Crippen molar-refractivity contribution in [2.75, 3.05) is 14.2 Å². The number of carboxylic acid groups (broad SMARTS) is 1. The molecule has 6 aromatic rings. The highest BCUT2D eigenvalue weighted by molar-refractivity contribution is 9.11. The van der Waals surface area contributed by atoms with Gasteiger partial charge in [-0.05, 0) is 102 Å². The lowest BCUT2D eigenvalue weighted by molar-refractivity contribution is 0.0591. The van der Waals surface area contributed by atoms with Crippen molar-refractivity contribution in [3.63, 3.8) is 0 Å². The average Bonchev–Trinajstić information content (AvgIpc) is 4.17. The summed E-state index contributed by atoms with van der Waals surface area (Å²) in [4.78, 5) is 99.0. The van der Waals surface area contributed by atoms with Gasteiger partial charge in [-0.25, -0.2) is 29.3 Å². The van der Waals surface area contributed by atoms with Crippen molar-refractivity contribution in [1.82, 2.24) is 29.9 Å².